The van der Waals surface area contributed by atoms with Crippen molar-refractivity contribution in [2.45, 2.75) is 32.2 Å². The number of benzene rings is 1. The number of hydrogen-bond donors (Lipinski definition) is 0. The summed E-state index contributed by atoms with van der Waals surface area (Å²) < 4.78 is 7.64. The SMILES string of the molecule is CCOc1ccc(CN2CCC(c3cc4c(ncn4C)c(-c4cccnc4)n3)CC2)cc1. The van der Waals surface area contributed by atoms with Crippen LogP contribution in [0.25, 0.3) is 22.3 Å². The Kier molecular flexibility index (Phi) is 5.86. The molecule has 6 nitrogen and oxygen atoms in total. The van der Waals surface area contributed by atoms with Gasteiger partial charge in [-0.15, -0.1) is 0 Å². The smallest absolute Gasteiger partial charge is 0.119 e. The Labute approximate surface area is 188 Å². The normalized spacial score (nSPS) is 15.3. The third-order valence-electron chi connectivity index (χ3n) is 6.31. The van der Waals surface area contributed by atoms with E-state index in [0.29, 0.717) is 12.5 Å². The summed E-state index contributed by atoms with van der Waals surface area (Å²) in [6.07, 6.45) is 7.76. The Morgan fingerprint density at radius 1 is 1.09 bits per heavy atom. The van der Waals surface area contributed by atoms with Crippen LogP contribution in [0.1, 0.15) is 36.9 Å². The van der Waals surface area contributed by atoms with Crippen LogP contribution in [0.15, 0.2) is 61.2 Å². The molecule has 0 saturated carbocycles. The second-order valence-corrected chi connectivity index (χ2v) is 8.49. The van der Waals surface area contributed by atoms with E-state index in [-0.39, 0.29) is 0 Å². The van der Waals surface area contributed by atoms with Crippen molar-refractivity contribution in [3.05, 3.63) is 72.4 Å². The topological polar surface area (TPSA) is 56.1 Å². The lowest BCUT2D eigenvalue weighted by molar-refractivity contribution is 0.203. The van der Waals surface area contributed by atoms with Gasteiger partial charge in [-0.3, -0.25) is 14.9 Å². The van der Waals surface area contributed by atoms with Gasteiger partial charge in [0.15, 0.2) is 0 Å². The number of likely N-dealkylation sites (tertiary alicyclic amines) is 1. The molecule has 1 aliphatic rings. The Morgan fingerprint density at radius 2 is 1.91 bits per heavy atom. The van der Waals surface area contributed by atoms with Crippen molar-refractivity contribution in [1.82, 2.24) is 24.4 Å². The van der Waals surface area contributed by atoms with Gasteiger partial charge in [-0.25, -0.2) is 4.98 Å². The minimum absolute atomic E-state index is 0.460. The molecule has 32 heavy (non-hydrogen) atoms. The molecule has 1 fully saturated rings. The molecule has 0 amide bonds. The molecule has 1 aromatic carbocycles. The van der Waals surface area contributed by atoms with Crippen molar-refractivity contribution in [3.8, 4) is 17.0 Å². The molecule has 4 aromatic rings. The number of fused-ring (bicyclic) bond motifs is 1. The summed E-state index contributed by atoms with van der Waals surface area (Å²) in [5, 5.41) is 0. The van der Waals surface area contributed by atoms with Crippen LogP contribution in [0.5, 0.6) is 5.75 Å². The van der Waals surface area contributed by atoms with E-state index >= 15 is 0 Å². The van der Waals surface area contributed by atoms with Gasteiger partial charge in [0.25, 0.3) is 0 Å². The fourth-order valence-corrected chi connectivity index (χ4v) is 4.56. The first-order valence-corrected chi connectivity index (χ1v) is 11.4. The van der Waals surface area contributed by atoms with Gasteiger partial charge in [0.05, 0.1) is 24.1 Å². The number of nitrogens with zero attached hydrogens (tertiary/aromatic N) is 5. The molecule has 5 rings (SSSR count). The zero-order valence-corrected chi connectivity index (χ0v) is 18.7. The summed E-state index contributed by atoms with van der Waals surface area (Å²) in [6, 6.07) is 14.7. The van der Waals surface area contributed by atoms with E-state index in [1.165, 1.54) is 11.3 Å². The molecule has 1 saturated heterocycles. The number of pyridine rings is 2. The van der Waals surface area contributed by atoms with E-state index in [9.17, 15) is 0 Å². The van der Waals surface area contributed by atoms with E-state index in [1.54, 1.807) is 6.20 Å². The third kappa shape index (κ3) is 4.23. The molecule has 6 heteroatoms. The predicted molar refractivity (Wildman–Crippen MR) is 127 cm³/mol. The van der Waals surface area contributed by atoms with Gasteiger partial charge >= 0.3 is 0 Å². The first-order valence-electron chi connectivity index (χ1n) is 11.4. The molecule has 0 atom stereocenters. The molecule has 0 spiro atoms. The van der Waals surface area contributed by atoms with Crippen LogP contribution >= 0.6 is 0 Å². The predicted octanol–water partition coefficient (Wildman–Crippen LogP) is 4.81. The first kappa shape index (κ1) is 20.6. The maximum absolute atomic E-state index is 5.56. The van der Waals surface area contributed by atoms with Gasteiger partial charge in [-0.1, -0.05) is 12.1 Å². The highest BCUT2D eigenvalue weighted by molar-refractivity contribution is 5.89. The average molecular weight is 428 g/mol. The molecule has 0 radical (unpaired) electrons. The lowest BCUT2D eigenvalue weighted by Crippen LogP contribution is -2.32. The van der Waals surface area contributed by atoms with Crippen molar-refractivity contribution in [3.63, 3.8) is 0 Å². The number of aromatic nitrogens is 4. The summed E-state index contributed by atoms with van der Waals surface area (Å²) in [7, 11) is 2.05. The van der Waals surface area contributed by atoms with Crippen molar-refractivity contribution in [2.75, 3.05) is 19.7 Å². The second-order valence-electron chi connectivity index (χ2n) is 8.49. The Bertz CT molecular complexity index is 1180. The largest absolute Gasteiger partial charge is 0.494 e. The maximum atomic E-state index is 5.56. The Balaban J connectivity index is 1.32. The number of ether oxygens (including phenoxy) is 1. The van der Waals surface area contributed by atoms with Crippen LogP contribution in [0.4, 0.5) is 0 Å². The molecule has 0 N–H and O–H groups in total. The zero-order valence-electron chi connectivity index (χ0n) is 18.7. The summed E-state index contributed by atoms with van der Waals surface area (Å²) >= 11 is 0. The molecule has 0 unspecified atom stereocenters. The van der Waals surface area contributed by atoms with Crippen LogP contribution in [0, 0.1) is 0 Å². The van der Waals surface area contributed by atoms with Gasteiger partial charge < -0.3 is 9.30 Å². The molecule has 3 aromatic heterocycles. The van der Waals surface area contributed by atoms with Crippen molar-refractivity contribution in [2.24, 2.45) is 7.05 Å². The van der Waals surface area contributed by atoms with Gasteiger partial charge in [0.1, 0.15) is 11.3 Å². The molecule has 1 aliphatic heterocycles. The van der Waals surface area contributed by atoms with Crippen molar-refractivity contribution in [1.29, 1.82) is 0 Å². The molecular weight excluding hydrogens is 398 g/mol. The van der Waals surface area contributed by atoms with Gasteiger partial charge in [-0.05, 0) is 68.8 Å². The van der Waals surface area contributed by atoms with Crippen LogP contribution in [-0.4, -0.2) is 44.1 Å². The maximum Gasteiger partial charge on any atom is 0.119 e. The van der Waals surface area contributed by atoms with Crippen LogP contribution in [0.3, 0.4) is 0 Å². The number of rotatable bonds is 6. The minimum Gasteiger partial charge on any atom is -0.494 e. The summed E-state index contributed by atoms with van der Waals surface area (Å²) in [5.74, 6) is 1.40. The second kappa shape index (κ2) is 9.09. The van der Waals surface area contributed by atoms with E-state index in [4.69, 9.17) is 9.72 Å². The van der Waals surface area contributed by atoms with Crippen molar-refractivity contribution >= 4 is 11.0 Å². The number of imidazole rings is 1. The lowest BCUT2D eigenvalue weighted by atomic mass is 9.92. The van der Waals surface area contributed by atoms with Crippen molar-refractivity contribution < 1.29 is 4.74 Å². The van der Waals surface area contributed by atoms with Gasteiger partial charge in [0.2, 0.25) is 0 Å². The highest BCUT2D eigenvalue weighted by Crippen LogP contribution is 2.33. The van der Waals surface area contributed by atoms with E-state index < -0.39 is 0 Å². The summed E-state index contributed by atoms with van der Waals surface area (Å²) in [4.78, 5) is 16.5. The monoisotopic (exact) mass is 427 g/mol. The van der Waals surface area contributed by atoms with Crippen LogP contribution < -0.4 is 4.74 Å². The summed E-state index contributed by atoms with van der Waals surface area (Å²) in [6.45, 7) is 5.84. The van der Waals surface area contributed by atoms with E-state index in [1.807, 2.05) is 32.6 Å². The molecule has 0 aliphatic carbocycles. The number of hydrogen-bond acceptors (Lipinski definition) is 5. The molecule has 164 valence electrons. The zero-order chi connectivity index (χ0) is 21.9. The standard InChI is InChI=1S/C26H29N5O/c1-3-32-22-8-6-19(7-9-22)17-31-13-10-20(11-14-31)23-15-24-26(28-18-30(24)2)25(29-23)21-5-4-12-27-16-21/h4-9,12,15-16,18,20H,3,10-11,13-14,17H2,1-2H3. The molecule has 0 bridgehead atoms. The minimum atomic E-state index is 0.460. The fraction of sp³-hybridized carbons (Fsp3) is 0.346. The van der Waals surface area contributed by atoms with Crippen LogP contribution in [-0.2, 0) is 13.6 Å². The third-order valence-corrected chi connectivity index (χ3v) is 6.31. The first-order chi connectivity index (χ1) is 15.7. The molecule has 4 heterocycles. The van der Waals surface area contributed by atoms with E-state index in [0.717, 1.165) is 60.5 Å². The highest BCUT2D eigenvalue weighted by Gasteiger charge is 2.24. The Morgan fingerprint density at radius 3 is 2.62 bits per heavy atom. The average Bonchev–Trinajstić information content (AvgIpc) is 3.22. The number of aryl methyl sites for hydroxylation is 1. The fourth-order valence-electron chi connectivity index (χ4n) is 4.56. The lowest BCUT2D eigenvalue weighted by Gasteiger charge is -2.32. The van der Waals surface area contributed by atoms with Crippen LogP contribution in [0.2, 0.25) is 0 Å². The quantitative estimate of drug-likeness (QED) is 0.442. The van der Waals surface area contributed by atoms with Gasteiger partial charge in [0, 0.05) is 43.2 Å². The summed E-state index contributed by atoms with van der Waals surface area (Å²) in [5.41, 5.74) is 6.53. The van der Waals surface area contributed by atoms with E-state index in [2.05, 4.69) is 55.8 Å². The van der Waals surface area contributed by atoms with Gasteiger partial charge in [-0.2, -0.15) is 0 Å². The molecular formula is C26H29N5O. The number of piperidine rings is 1. The highest BCUT2D eigenvalue weighted by atomic mass is 16.5. The Hall–Kier alpha value is -3.25.